The summed E-state index contributed by atoms with van der Waals surface area (Å²) in [6.07, 6.45) is 1.49. The highest BCUT2D eigenvalue weighted by atomic mass is 19.1. The summed E-state index contributed by atoms with van der Waals surface area (Å²) in [5, 5.41) is 23.1. The van der Waals surface area contributed by atoms with E-state index in [0.717, 1.165) is 0 Å². The number of nitriles is 2. The third-order valence-corrected chi connectivity index (χ3v) is 3.57. The Balaban J connectivity index is 2.51. The molecule has 0 spiro atoms. The number of nitrogens with two attached hydrogens (primary N) is 1. The van der Waals surface area contributed by atoms with E-state index in [1.165, 1.54) is 23.0 Å². The number of halogens is 1. The van der Waals surface area contributed by atoms with Gasteiger partial charge >= 0.3 is 0 Å². The lowest BCUT2D eigenvalue weighted by atomic mass is 9.95. The van der Waals surface area contributed by atoms with Gasteiger partial charge in [0.2, 0.25) is 0 Å². The second-order valence-electron chi connectivity index (χ2n) is 4.88. The van der Waals surface area contributed by atoms with Crippen LogP contribution < -0.4 is 11.3 Å². The predicted molar refractivity (Wildman–Crippen MR) is 80.6 cm³/mol. The molecule has 3 aromatic rings. The summed E-state index contributed by atoms with van der Waals surface area (Å²) in [6, 6.07) is 6.19. The maximum absolute atomic E-state index is 14.5. The summed E-state index contributed by atoms with van der Waals surface area (Å²) in [5.41, 5.74) is 4.78. The number of pyridine rings is 1. The van der Waals surface area contributed by atoms with E-state index in [0.29, 0.717) is 10.9 Å². The zero-order chi connectivity index (χ0) is 16.7. The number of aromatic nitrogens is 3. The van der Waals surface area contributed by atoms with Gasteiger partial charge in [-0.15, -0.1) is 0 Å². The summed E-state index contributed by atoms with van der Waals surface area (Å²) in [6.45, 7) is 0. The van der Waals surface area contributed by atoms with Crippen molar-refractivity contribution in [2.24, 2.45) is 7.05 Å². The summed E-state index contributed by atoms with van der Waals surface area (Å²) in [4.78, 5) is 14.1. The number of hydrogen-bond acceptors (Lipinski definition) is 5. The van der Waals surface area contributed by atoms with Gasteiger partial charge in [0.1, 0.15) is 34.9 Å². The smallest absolute Gasteiger partial charge is 0.268 e. The average Bonchev–Trinajstić information content (AvgIpc) is 2.86. The first-order chi connectivity index (χ1) is 11.0. The monoisotopic (exact) mass is 308 g/mol. The first-order valence-corrected chi connectivity index (χ1v) is 6.45. The van der Waals surface area contributed by atoms with Crippen LogP contribution >= 0.6 is 0 Å². The van der Waals surface area contributed by atoms with Crippen molar-refractivity contribution in [2.75, 3.05) is 5.73 Å². The lowest BCUT2D eigenvalue weighted by Crippen LogP contribution is -2.16. The van der Waals surface area contributed by atoms with Gasteiger partial charge in [-0.2, -0.15) is 15.6 Å². The highest BCUT2D eigenvalue weighted by molar-refractivity contribution is 5.88. The Morgan fingerprint density at radius 1 is 1.30 bits per heavy atom. The normalized spacial score (nSPS) is 10.4. The minimum Gasteiger partial charge on any atom is -0.384 e. The number of aryl methyl sites for hydroxylation is 1. The Bertz CT molecular complexity index is 1100. The zero-order valence-corrected chi connectivity index (χ0v) is 11.9. The summed E-state index contributed by atoms with van der Waals surface area (Å²) in [7, 11) is 1.67. The van der Waals surface area contributed by atoms with Gasteiger partial charge in [0, 0.05) is 23.6 Å². The Kier molecular flexibility index (Phi) is 3.09. The van der Waals surface area contributed by atoms with Crippen LogP contribution in [0.4, 0.5) is 10.2 Å². The fraction of sp³-hybridized carbons (Fsp3) is 0.0667. The SMILES string of the molecule is Cn1ncc2cc(F)c(-c3c(C#N)c(N)[nH]c(=O)c3C#N)cc21. The van der Waals surface area contributed by atoms with Gasteiger partial charge < -0.3 is 10.7 Å². The molecule has 0 aliphatic carbocycles. The molecule has 0 aliphatic rings. The van der Waals surface area contributed by atoms with Crippen LogP contribution in [-0.4, -0.2) is 14.8 Å². The summed E-state index contributed by atoms with van der Waals surface area (Å²) < 4.78 is 16.0. The summed E-state index contributed by atoms with van der Waals surface area (Å²) in [5.74, 6) is -0.889. The molecule has 23 heavy (non-hydrogen) atoms. The first kappa shape index (κ1) is 14.3. The molecule has 0 bridgehead atoms. The van der Waals surface area contributed by atoms with Gasteiger partial charge in [0.25, 0.3) is 5.56 Å². The summed E-state index contributed by atoms with van der Waals surface area (Å²) >= 11 is 0. The third-order valence-electron chi connectivity index (χ3n) is 3.57. The van der Waals surface area contributed by atoms with Crippen molar-refractivity contribution in [1.29, 1.82) is 10.5 Å². The van der Waals surface area contributed by atoms with E-state index >= 15 is 0 Å². The van der Waals surface area contributed by atoms with Crippen molar-refractivity contribution < 1.29 is 4.39 Å². The Morgan fingerprint density at radius 2 is 2.00 bits per heavy atom. The van der Waals surface area contributed by atoms with E-state index in [1.54, 1.807) is 13.1 Å². The standard InChI is InChI=1S/C15H9FN6O/c1-22-12-3-8(11(16)2-7(12)6-20-22)13-9(4-17)14(19)21-15(23)10(13)5-18/h2-3,6H,1H3,(H3,19,21,23). The van der Waals surface area contributed by atoms with Gasteiger partial charge in [-0.05, 0) is 12.1 Å². The maximum atomic E-state index is 14.5. The van der Waals surface area contributed by atoms with Crippen LogP contribution in [0.3, 0.4) is 0 Å². The molecule has 3 rings (SSSR count). The molecule has 1 aromatic carbocycles. The van der Waals surface area contributed by atoms with Gasteiger partial charge in [-0.1, -0.05) is 0 Å². The molecule has 112 valence electrons. The van der Waals surface area contributed by atoms with E-state index in [1.807, 2.05) is 6.07 Å². The highest BCUT2D eigenvalue weighted by Gasteiger charge is 2.21. The van der Waals surface area contributed by atoms with E-state index in [-0.39, 0.29) is 28.1 Å². The number of nitrogen functional groups attached to an aromatic ring is 1. The molecule has 3 N–H and O–H groups in total. The average molecular weight is 308 g/mol. The Hall–Kier alpha value is -3.65. The Labute approximate surface area is 129 Å². The van der Waals surface area contributed by atoms with Crippen LogP contribution in [-0.2, 0) is 7.05 Å². The van der Waals surface area contributed by atoms with Gasteiger partial charge in [0.05, 0.1) is 11.7 Å². The fourth-order valence-electron chi connectivity index (χ4n) is 2.48. The number of H-pyrrole nitrogens is 1. The van der Waals surface area contributed by atoms with Crippen molar-refractivity contribution in [3.8, 4) is 23.3 Å². The second-order valence-corrected chi connectivity index (χ2v) is 4.88. The lowest BCUT2D eigenvalue weighted by molar-refractivity contribution is 0.633. The molecule has 0 atom stereocenters. The number of hydrogen-bond donors (Lipinski definition) is 2. The van der Waals surface area contributed by atoms with Crippen molar-refractivity contribution >= 4 is 16.7 Å². The van der Waals surface area contributed by atoms with Crippen molar-refractivity contribution in [3.05, 3.63) is 45.6 Å². The molecule has 0 radical (unpaired) electrons. The minimum absolute atomic E-state index is 0.0491. The Morgan fingerprint density at radius 3 is 2.65 bits per heavy atom. The van der Waals surface area contributed by atoms with Gasteiger partial charge in [0.15, 0.2) is 0 Å². The first-order valence-electron chi connectivity index (χ1n) is 6.45. The number of nitrogens with one attached hydrogen (secondary N) is 1. The maximum Gasteiger partial charge on any atom is 0.268 e. The molecule has 0 aliphatic heterocycles. The number of fused-ring (bicyclic) bond motifs is 1. The molecule has 0 amide bonds. The molecule has 2 heterocycles. The van der Waals surface area contributed by atoms with Crippen LogP contribution in [0.25, 0.3) is 22.0 Å². The number of nitrogens with zero attached hydrogens (tertiary/aromatic N) is 4. The van der Waals surface area contributed by atoms with Crippen LogP contribution in [0.2, 0.25) is 0 Å². The van der Waals surface area contributed by atoms with E-state index in [4.69, 9.17) is 5.73 Å². The molecular weight excluding hydrogens is 299 g/mol. The topological polar surface area (TPSA) is 124 Å². The minimum atomic E-state index is -0.775. The molecule has 0 fully saturated rings. The van der Waals surface area contributed by atoms with E-state index < -0.39 is 11.4 Å². The number of aromatic amines is 1. The third kappa shape index (κ3) is 2.01. The number of benzene rings is 1. The molecule has 0 saturated carbocycles. The lowest BCUT2D eigenvalue weighted by Gasteiger charge is -2.10. The van der Waals surface area contributed by atoms with Crippen LogP contribution in [0.5, 0.6) is 0 Å². The van der Waals surface area contributed by atoms with E-state index in [2.05, 4.69) is 10.1 Å². The van der Waals surface area contributed by atoms with Crippen molar-refractivity contribution in [3.63, 3.8) is 0 Å². The zero-order valence-electron chi connectivity index (χ0n) is 11.9. The molecule has 8 heteroatoms. The largest absolute Gasteiger partial charge is 0.384 e. The van der Waals surface area contributed by atoms with E-state index in [9.17, 15) is 19.7 Å². The second kappa shape index (κ2) is 4.97. The van der Waals surface area contributed by atoms with Crippen molar-refractivity contribution in [1.82, 2.24) is 14.8 Å². The van der Waals surface area contributed by atoms with Crippen LogP contribution in [0.1, 0.15) is 11.1 Å². The molecule has 7 nitrogen and oxygen atoms in total. The number of anilines is 1. The molecule has 2 aromatic heterocycles. The van der Waals surface area contributed by atoms with Crippen molar-refractivity contribution in [2.45, 2.75) is 0 Å². The quantitative estimate of drug-likeness (QED) is 0.703. The molecule has 0 unspecified atom stereocenters. The van der Waals surface area contributed by atoms with Gasteiger partial charge in [-0.3, -0.25) is 9.48 Å². The van der Waals surface area contributed by atoms with Crippen LogP contribution in [0.15, 0.2) is 23.1 Å². The van der Waals surface area contributed by atoms with Crippen LogP contribution in [0, 0.1) is 28.5 Å². The number of rotatable bonds is 1. The molecule has 0 saturated heterocycles. The fourth-order valence-corrected chi connectivity index (χ4v) is 2.48. The van der Waals surface area contributed by atoms with Gasteiger partial charge in [-0.25, -0.2) is 4.39 Å². The molecular formula is C15H9FN6O. The predicted octanol–water partition coefficient (Wildman–Crippen LogP) is 1.39. The highest BCUT2D eigenvalue weighted by Crippen LogP contribution is 2.32.